The number of primary amides is 1. The van der Waals surface area contributed by atoms with Gasteiger partial charge >= 0.3 is 0 Å². The smallest absolute Gasteiger partial charge is 0.220 e. The van der Waals surface area contributed by atoms with Crippen molar-refractivity contribution in [2.24, 2.45) is 17.4 Å². The minimum atomic E-state index is -0.265. The number of hydrogen-bond acceptors (Lipinski definition) is 2. The van der Waals surface area contributed by atoms with Crippen molar-refractivity contribution in [1.29, 1.82) is 0 Å². The molecular weight excluding hydrogens is 212 g/mol. The van der Waals surface area contributed by atoms with Gasteiger partial charge in [-0.25, -0.2) is 0 Å². The van der Waals surface area contributed by atoms with Crippen LogP contribution in [-0.2, 0) is 11.2 Å². The number of nitrogens with two attached hydrogens (primary N) is 2. The lowest BCUT2D eigenvalue weighted by Crippen LogP contribution is -2.27. The number of amides is 1. The minimum Gasteiger partial charge on any atom is -0.369 e. The molecular formula is C11H17ClN2O. The van der Waals surface area contributed by atoms with Gasteiger partial charge in [-0.2, -0.15) is 0 Å². The van der Waals surface area contributed by atoms with Crippen LogP contribution >= 0.6 is 12.4 Å². The summed E-state index contributed by atoms with van der Waals surface area (Å²) in [5.74, 6) is -0.401. The van der Waals surface area contributed by atoms with Crippen molar-refractivity contribution in [1.82, 2.24) is 0 Å². The minimum absolute atomic E-state index is 0. The van der Waals surface area contributed by atoms with Crippen LogP contribution in [0.4, 0.5) is 0 Å². The summed E-state index contributed by atoms with van der Waals surface area (Å²) in [5, 5.41) is 0. The van der Waals surface area contributed by atoms with Crippen molar-refractivity contribution in [2.45, 2.75) is 12.8 Å². The van der Waals surface area contributed by atoms with E-state index < -0.39 is 0 Å². The Morgan fingerprint density at radius 1 is 1.27 bits per heavy atom. The topological polar surface area (TPSA) is 69.1 Å². The second-order valence-corrected chi connectivity index (χ2v) is 3.37. The third-order valence-corrected chi connectivity index (χ3v) is 2.24. The van der Waals surface area contributed by atoms with E-state index in [2.05, 4.69) is 0 Å². The Morgan fingerprint density at radius 2 is 1.87 bits per heavy atom. The van der Waals surface area contributed by atoms with Crippen LogP contribution in [0.1, 0.15) is 12.0 Å². The van der Waals surface area contributed by atoms with Crippen molar-refractivity contribution < 1.29 is 4.79 Å². The summed E-state index contributed by atoms with van der Waals surface area (Å²) in [4.78, 5) is 11.1. The van der Waals surface area contributed by atoms with Crippen molar-refractivity contribution in [3.05, 3.63) is 35.9 Å². The number of carbonyl (C=O) groups is 1. The molecule has 3 nitrogen and oxygen atoms in total. The summed E-state index contributed by atoms with van der Waals surface area (Å²) in [6.45, 7) is 0.500. The highest BCUT2D eigenvalue weighted by atomic mass is 35.5. The first-order valence-corrected chi connectivity index (χ1v) is 4.77. The van der Waals surface area contributed by atoms with Crippen molar-refractivity contribution in [3.8, 4) is 0 Å². The number of hydrogen-bond donors (Lipinski definition) is 2. The molecule has 84 valence electrons. The zero-order valence-corrected chi connectivity index (χ0v) is 9.37. The molecule has 4 N–H and O–H groups in total. The maximum atomic E-state index is 11.1. The standard InChI is InChI=1S/C11H16N2O.ClH/c12-7-6-10(11(13)14)8-9-4-2-1-3-5-9;/h1-5,10H,6-8,12H2,(H2,13,14);1H. The van der Waals surface area contributed by atoms with Crippen LogP contribution in [0, 0.1) is 5.92 Å². The molecule has 15 heavy (non-hydrogen) atoms. The zero-order chi connectivity index (χ0) is 10.4. The third-order valence-electron chi connectivity index (χ3n) is 2.24. The summed E-state index contributed by atoms with van der Waals surface area (Å²) in [7, 11) is 0. The highest BCUT2D eigenvalue weighted by Gasteiger charge is 2.14. The summed E-state index contributed by atoms with van der Waals surface area (Å²) in [6, 6.07) is 9.84. The molecule has 0 saturated heterocycles. The van der Waals surface area contributed by atoms with Gasteiger partial charge in [0, 0.05) is 5.92 Å². The molecule has 0 bridgehead atoms. The van der Waals surface area contributed by atoms with E-state index in [1.54, 1.807) is 0 Å². The molecule has 0 aromatic heterocycles. The number of rotatable bonds is 5. The Kier molecular flexibility index (Phi) is 6.75. The van der Waals surface area contributed by atoms with Crippen LogP contribution in [0.2, 0.25) is 0 Å². The van der Waals surface area contributed by atoms with E-state index in [9.17, 15) is 4.79 Å². The normalized spacial score (nSPS) is 11.5. The van der Waals surface area contributed by atoms with Gasteiger partial charge in [0.1, 0.15) is 0 Å². The van der Waals surface area contributed by atoms with Gasteiger partial charge in [-0.3, -0.25) is 4.79 Å². The lowest BCUT2D eigenvalue weighted by atomic mass is 9.96. The molecule has 0 saturated carbocycles. The molecule has 0 aliphatic rings. The van der Waals surface area contributed by atoms with Gasteiger partial charge in [-0.1, -0.05) is 30.3 Å². The molecule has 1 rings (SSSR count). The Balaban J connectivity index is 0.00000196. The number of benzene rings is 1. The number of halogens is 1. The van der Waals surface area contributed by atoms with Gasteiger partial charge < -0.3 is 11.5 Å². The van der Waals surface area contributed by atoms with Gasteiger partial charge in [0.25, 0.3) is 0 Å². The molecule has 1 atom stereocenters. The SMILES string of the molecule is Cl.NCCC(Cc1ccccc1)C(N)=O. The molecule has 0 aliphatic carbocycles. The predicted octanol–water partition coefficient (Wildman–Crippen LogP) is 1.10. The van der Waals surface area contributed by atoms with Gasteiger partial charge in [-0.15, -0.1) is 12.4 Å². The quantitative estimate of drug-likeness (QED) is 0.793. The second-order valence-electron chi connectivity index (χ2n) is 3.37. The molecule has 1 unspecified atom stereocenters. The molecule has 1 aromatic carbocycles. The van der Waals surface area contributed by atoms with Crippen LogP contribution in [0.25, 0.3) is 0 Å². The van der Waals surface area contributed by atoms with Crippen LogP contribution in [0.15, 0.2) is 30.3 Å². The van der Waals surface area contributed by atoms with Crippen LogP contribution in [0.3, 0.4) is 0 Å². The molecule has 1 aromatic rings. The first-order valence-electron chi connectivity index (χ1n) is 4.77. The van der Waals surface area contributed by atoms with Crippen molar-refractivity contribution in [2.75, 3.05) is 6.54 Å². The van der Waals surface area contributed by atoms with E-state index in [0.717, 1.165) is 5.56 Å². The molecule has 4 heteroatoms. The summed E-state index contributed by atoms with van der Waals surface area (Å²) < 4.78 is 0. The number of carbonyl (C=O) groups excluding carboxylic acids is 1. The van der Waals surface area contributed by atoms with E-state index in [4.69, 9.17) is 11.5 Å². The van der Waals surface area contributed by atoms with Gasteiger partial charge in [0.15, 0.2) is 0 Å². The predicted molar refractivity (Wildman–Crippen MR) is 63.7 cm³/mol. The summed E-state index contributed by atoms with van der Waals surface area (Å²) >= 11 is 0. The molecule has 0 radical (unpaired) electrons. The summed E-state index contributed by atoms with van der Waals surface area (Å²) in [5.41, 5.74) is 11.8. The Hall–Kier alpha value is -1.06. The van der Waals surface area contributed by atoms with Gasteiger partial charge in [0.2, 0.25) is 5.91 Å². The third kappa shape index (κ3) is 4.81. The fourth-order valence-electron chi connectivity index (χ4n) is 1.44. The maximum Gasteiger partial charge on any atom is 0.220 e. The average Bonchev–Trinajstić information content (AvgIpc) is 2.18. The lowest BCUT2D eigenvalue weighted by molar-refractivity contribution is -0.121. The average molecular weight is 229 g/mol. The zero-order valence-electron chi connectivity index (χ0n) is 8.56. The second kappa shape index (κ2) is 7.26. The van der Waals surface area contributed by atoms with Crippen molar-refractivity contribution >= 4 is 18.3 Å². The molecule has 0 aliphatic heterocycles. The molecule has 0 heterocycles. The fourth-order valence-corrected chi connectivity index (χ4v) is 1.44. The first kappa shape index (κ1) is 13.9. The Morgan fingerprint density at radius 3 is 2.33 bits per heavy atom. The highest BCUT2D eigenvalue weighted by Crippen LogP contribution is 2.10. The monoisotopic (exact) mass is 228 g/mol. The largest absolute Gasteiger partial charge is 0.369 e. The molecule has 1 amide bonds. The van der Waals surface area contributed by atoms with Gasteiger partial charge in [0.05, 0.1) is 0 Å². The molecule has 0 spiro atoms. The van der Waals surface area contributed by atoms with Crippen LogP contribution < -0.4 is 11.5 Å². The van der Waals surface area contributed by atoms with Gasteiger partial charge in [-0.05, 0) is 24.9 Å². The lowest BCUT2D eigenvalue weighted by Gasteiger charge is -2.11. The van der Waals surface area contributed by atoms with E-state index in [1.165, 1.54) is 0 Å². The fraction of sp³-hybridized carbons (Fsp3) is 0.364. The first-order chi connectivity index (χ1) is 6.74. The summed E-state index contributed by atoms with van der Waals surface area (Å²) in [6.07, 6.45) is 1.34. The highest BCUT2D eigenvalue weighted by molar-refractivity contribution is 5.85. The van der Waals surface area contributed by atoms with Crippen LogP contribution in [0.5, 0.6) is 0 Å². The van der Waals surface area contributed by atoms with Crippen molar-refractivity contribution in [3.63, 3.8) is 0 Å². The van der Waals surface area contributed by atoms with E-state index in [0.29, 0.717) is 19.4 Å². The molecule has 0 fully saturated rings. The Bertz CT molecular complexity index is 290. The Labute approximate surface area is 96.3 Å². The maximum absolute atomic E-state index is 11.1. The van der Waals surface area contributed by atoms with Crippen LogP contribution in [-0.4, -0.2) is 12.5 Å². The van der Waals surface area contributed by atoms with E-state index in [-0.39, 0.29) is 24.2 Å². The van der Waals surface area contributed by atoms with E-state index >= 15 is 0 Å². The van der Waals surface area contributed by atoms with E-state index in [1.807, 2.05) is 30.3 Å².